The Balaban J connectivity index is 1.92. The van der Waals surface area contributed by atoms with Crippen LogP contribution in [0.5, 0.6) is 0 Å². The lowest BCUT2D eigenvalue weighted by Gasteiger charge is -2.24. The van der Waals surface area contributed by atoms with Crippen molar-refractivity contribution in [3.05, 3.63) is 0 Å². The molecule has 1 atom stereocenters. The lowest BCUT2D eigenvalue weighted by Crippen LogP contribution is -2.51. The third kappa shape index (κ3) is 3.29. The number of nitrogens with one attached hydrogen (secondary N) is 2. The van der Waals surface area contributed by atoms with E-state index in [1.807, 2.05) is 0 Å². The van der Waals surface area contributed by atoms with Gasteiger partial charge in [-0.1, -0.05) is 12.8 Å². The van der Waals surface area contributed by atoms with Crippen LogP contribution in [0.25, 0.3) is 0 Å². The highest BCUT2D eigenvalue weighted by atomic mass is 16.4. The molecule has 3 N–H and O–H groups in total. The number of carbonyl (C=O) groups excluding carboxylic acids is 2. The van der Waals surface area contributed by atoms with Gasteiger partial charge in [0, 0.05) is 13.5 Å². The molecule has 0 radical (unpaired) electrons. The van der Waals surface area contributed by atoms with Gasteiger partial charge in [-0.25, -0.2) is 0 Å². The summed E-state index contributed by atoms with van der Waals surface area (Å²) in [4.78, 5) is 34.6. The number of carbonyl (C=O) groups is 3. The summed E-state index contributed by atoms with van der Waals surface area (Å²) in [6, 6.07) is -0.528. The number of aliphatic carboxylic acids is 1. The number of carboxylic acids is 1. The van der Waals surface area contributed by atoms with Crippen molar-refractivity contribution >= 4 is 17.8 Å². The van der Waals surface area contributed by atoms with Crippen LogP contribution in [0, 0.1) is 11.3 Å². The molecule has 2 saturated carbocycles. The third-order valence-corrected chi connectivity index (χ3v) is 4.42. The molecule has 112 valence electrons. The maximum atomic E-state index is 12.2. The van der Waals surface area contributed by atoms with Crippen molar-refractivity contribution in [3.8, 4) is 0 Å². The second-order valence-corrected chi connectivity index (χ2v) is 6.03. The number of carboxylic acid groups (broad SMARTS) is 1. The van der Waals surface area contributed by atoms with Crippen molar-refractivity contribution in [3.63, 3.8) is 0 Å². The molecule has 0 aromatic rings. The highest BCUT2D eigenvalue weighted by Gasteiger charge is 2.50. The van der Waals surface area contributed by atoms with Crippen molar-refractivity contribution < 1.29 is 19.5 Å². The monoisotopic (exact) mass is 282 g/mol. The highest BCUT2D eigenvalue weighted by molar-refractivity contribution is 5.88. The predicted molar refractivity (Wildman–Crippen MR) is 71.9 cm³/mol. The zero-order chi connectivity index (χ0) is 14.8. The molecule has 0 bridgehead atoms. The van der Waals surface area contributed by atoms with E-state index < -0.39 is 17.4 Å². The summed E-state index contributed by atoms with van der Waals surface area (Å²) >= 11 is 0. The topological polar surface area (TPSA) is 95.5 Å². The SMILES string of the molecule is CC(=O)NC(C(=O)NCC1(C(=O)O)CC1)C1CCCC1. The largest absolute Gasteiger partial charge is 0.481 e. The maximum absolute atomic E-state index is 12.2. The quantitative estimate of drug-likeness (QED) is 0.667. The van der Waals surface area contributed by atoms with E-state index in [9.17, 15) is 14.4 Å². The first-order valence-corrected chi connectivity index (χ1v) is 7.23. The van der Waals surface area contributed by atoms with E-state index in [-0.39, 0.29) is 24.3 Å². The molecular weight excluding hydrogens is 260 g/mol. The van der Waals surface area contributed by atoms with Gasteiger partial charge in [0.1, 0.15) is 6.04 Å². The highest BCUT2D eigenvalue weighted by Crippen LogP contribution is 2.45. The van der Waals surface area contributed by atoms with Gasteiger partial charge in [-0.3, -0.25) is 14.4 Å². The fraction of sp³-hybridized carbons (Fsp3) is 0.786. The summed E-state index contributed by atoms with van der Waals surface area (Å²) in [5, 5.41) is 14.5. The van der Waals surface area contributed by atoms with Gasteiger partial charge in [0.05, 0.1) is 5.41 Å². The van der Waals surface area contributed by atoms with E-state index in [2.05, 4.69) is 10.6 Å². The van der Waals surface area contributed by atoms with Gasteiger partial charge in [-0.15, -0.1) is 0 Å². The van der Waals surface area contributed by atoms with Crippen molar-refractivity contribution in [2.24, 2.45) is 11.3 Å². The second-order valence-electron chi connectivity index (χ2n) is 6.03. The molecule has 0 aromatic carbocycles. The minimum Gasteiger partial charge on any atom is -0.481 e. The number of hydrogen-bond donors (Lipinski definition) is 3. The molecule has 2 amide bonds. The fourth-order valence-electron chi connectivity index (χ4n) is 2.89. The van der Waals surface area contributed by atoms with Crippen LogP contribution in [-0.2, 0) is 14.4 Å². The van der Waals surface area contributed by atoms with E-state index in [1.165, 1.54) is 6.92 Å². The summed E-state index contributed by atoms with van der Waals surface area (Å²) < 4.78 is 0. The molecule has 0 aliphatic heterocycles. The van der Waals surface area contributed by atoms with Gasteiger partial charge in [0.2, 0.25) is 11.8 Å². The molecule has 2 aliphatic carbocycles. The summed E-state index contributed by atoms with van der Waals surface area (Å²) in [6.45, 7) is 1.55. The first-order chi connectivity index (χ1) is 9.44. The molecule has 0 heterocycles. The van der Waals surface area contributed by atoms with Gasteiger partial charge in [-0.05, 0) is 31.6 Å². The lowest BCUT2D eigenvalue weighted by molar-refractivity contribution is -0.143. The second kappa shape index (κ2) is 5.81. The first kappa shape index (κ1) is 14.8. The van der Waals surface area contributed by atoms with Crippen molar-refractivity contribution in [2.75, 3.05) is 6.54 Å². The summed E-state index contributed by atoms with van der Waals surface area (Å²) in [6.07, 6.45) is 5.23. The minimum absolute atomic E-state index is 0.157. The van der Waals surface area contributed by atoms with E-state index in [4.69, 9.17) is 5.11 Å². The Morgan fingerprint density at radius 2 is 1.85 bits per heavy atom. The van der Waals surface area contributed by atoms with Crippen LogP contribution in [-0.4, -0.2) is 35.5 Å². The van der Waals surface area contributed by atoms with Crippen LogP contribution in [0.4, 0.5) is 0 Å². The molecule has 0 saturated heterocycles. The van der Waals surface area contributed by atoms with Crippen LogP contribution in [0.15, 0.2) is 0 Å². The molecule has 2 rings (SSSR count). The number of rotatable bonds is 6. The molecule has 6 heteroatoms. The Hall–Kier alpha value is -1.59. The van der Waals surface area contributed by atoms with Crippen LogP contribution < -0.4 is 10.6 Å². The average Bonchev–Trinajstić information content (AvgIpc) is 2.99. The third-order valence-electron chi connectivity index (χ3n) is 4.42. The molecule has 2 fully saturated rings. The zero-order valence-corrected chi connectivity index (χ0v) is 11.8. The van der Waals surface area contributed by atoms with E-state index in [0.29, 0.717) is 12.8 Å². The molecule has 2 aliphatic rings. The Bertz CT molecular complexity index is 411. The maximum Gasteiger partial charge on any atom is 0.311 e. The summed E-state index contributed by atoms with van der Waals surface area (Å²) in [5.74, 6) is -1.16. The van der Waals surface area contributed by atoms with Gasteiger partial charge in [-0.2, -0.15) is 0 Å². The minimum atomic E-state index is -0.852. The van der Waals surface area contributed by atoms with Crippen LogP contribution in [0.2, 0.25) is 0 Å². The van der Waals surface area contributed by atoms with Crippen LogP contribution in [0.1, 0.15) is 45.4 Å². The van der Waals surface area contributed by atoms with E-state index >= 15 is 0 Å². The van der Waals surface area contributed by atoms with E-state index in [1.54, 1.807) is 0 Å². The van der Waals surface area contributed by atoms with Gasteiger partial charge < -0.3 is 15.7 Å². The molecule has 0 aromatic heterocycles. The predicted octanol–water partition coefficient (Wildman–Crippen LogP) is 0.662. The van der Waals surface area contributed by atoms with Crippen LogP contribution >= 0.6 is 0 Å². The fourth-order valence-corrected chi connectivity index (χ4v) is 2.89. The Kier molecular flexibility index (Phi) is 4.30. The zero-order valence-electron chi connectivity index (χ0n) is 11.8. The number of amides is 2. The first-order valence-electron chi connectivity index (χ1n) is 7.23. The van der Waals surface area contributed by atoms with Crippen LogP contribution in [0.3, 0.4) is 0 Å². The Morgan fingerprint density at radius 1 is 1.25 bits per heavy atom. The lowest BCUT2D eigenvalue weighted by atomic mass is 9.96. The van der Waals surface area contributed by atoms with Crippen molar-refractivity contribution in [1.82, 2.24) is 10.6 Å². The average molecular weight is 282 g/mol. The van der Waals surface area contributed by atoms with Gasteiger partial charge in [0.15, 0.2) is 0 Å². The van der Waals surface area contributed by atoms with E-state index in [0.717, 1.165) is 25.7 Å². The van der Waals surface area contributed by atoms with Crippen molar-refractivity contribution in [2.45, 2.75) is 51.5 Å². The normalized spacial score (nSPS) is 22.1. The van der Waals surface area contributed by atoms with Gasteiger partial charge in [0.25, 0.3) is 0 Å². The molecule has 1 unspecified atom stereocenters. The summed E-state index contributed by atoms with van der Waals surface area (Å²) in [5.41, 5.74) is -0.772. The Morgan fingerprint density at radius 3 is 2.30 bits per heavy atom. The number of hydrogen-bond acceptors (Lipinski definition) is 3. The molecule has 6 nitrogen and oxygen atoms in total. The summed E-state index contributed by atoms with van der Waals surface area (Å²) in [7, 11) is 0. The molecule has 0 spiro atoms. The molecule has 20 heavy (non-hydrogen) atoms. The standard InChI is InChI=1S/C14H22N2O4/c1-9(17)16-11(10-4-2-3-5-10)12(18)15-8-14(6-7-14)13(19)20/h10-11H,2-8H2,1H3,(H,15,18)(H,16,17)(H,19,20). The van der Waals surface area contributed by atoms with Crippen molar-refractivity contribution in [1.29, 1.82) is 0 Å². The Labute approximate surface area is 118 Å². The molecular formula is C14H22N2O4. The smallest absolute Gasteiger partial charge is 0.311 e. The van der Waals surface area contributed by atoms with Gasteiger partial charge >= 0.3 is 5.97 Å².